The van der Waals surface area contributed by atoms with Crippen molar-refractivity contribution in [1.82, 2.24) is 10.3 Å². The summed E-state index contributed by atoms with van der Waals surface area (Å²) < 4.78 is 5.62. The molecule has 0 aliphatic carbocycles. The summed E-state index contributed by atoms with van der Waals surface area (Å²) in [6.07, 6.45) is 4.71. The maximum atomic E-state index is 5.62. The van der Waals surface area contributed by atoms with Crippen LogP contribution < -0.4 is 10.2 Å². The van der Waals surface area contributed by atoms with Crippen LogP contribution in [0, 0.1) is 0 Å². The fourth-order valence-electron chi connectivity index (χ4n) is 1.90. The molecule has 0 amide bonds. The third-order valence-electron chi connectivity index (χ3n) is 2.72. The number of ether oxygens (including phenoxy) is 1. The van der Waals surface area contributed by atoms with E-state index in [1.807, 2.05) is 13.2 Å². The van der Waals surface area contributed by atoms with Crippen molar-refractivity contribution in [3.05, 3.63) is 11.1 Å². The average molecular weight is 241 g/mol. The minimum Gasteiger partial charge on any atom is -0.376 e. The van der Waals surface area contributed by atoms with E-state index in [1.165, 1.54) is 17.7 Å². The van der Waals surface area contributed by atoms with Gasteiger partial charge in [0, 0.05) is 37.8 Å². The molecule has 0 aromatic carbocycles. The maximum Gasteiger partial charge on any atom is 0.185 e. The highest BCUT2D eigenvalue weighted by Gasteiger charge is 2.18. The maximum absolute atomic E-state index is 5.62. The van der Waals surface area contributed by atoms with Gasteiger partial charge in [-0.1, -0.05) is 0 Å². The molecule has 1 aliphatic heterocycles. The molecule has 2 rings (SSSR count). The number of hydrogen-bond donors (Lipinski definition) is 1. The largest absolute Gasteiger partial charge is 0.376 e. The van der Waals surface area contributed by atoms with Crippen LogP contribution in [0.5, 0.6) is 0 Å². The second-order valence-electron chi connectivity index (χ2n) is 4.16. The molecule has 1 aromatic rings. The third-order valence-corrected chi connectivity index (χ3v) is 3.83. The van der Waals surface area contributed by atoms with Crippen molar-refractivity contribution >= 4 is 16.5 Å². The molecular formula is C11H19N3OS. The first-order valence-corrected chi connectivity index (χ1v) is 6.53. The third kappa shape index (κ3) is 2.93. The second-order valence-corrected chi connectivity index (χ2v) is 5.25. The summed E-state index contributed by atoms with van der Waals surface area (Å²) in [7, 11) is 4.04. The van der Waals surface area contributed by atoms with Crippen LogP contribution in [0.25, 0.3) is 0 Å². The van der Waals surface area contributed by atoms with Crippen molar-refractivity contribution in [3.8, 4) is 0 Å². The van der Waals surface area contributed by atoms with E-state index in [-0.39, 0.29) is 0 Å². The molecule has 1 atom stereocenters. The van der Waals surface area contributed by atoms with Gasteiger partial charge in [-0.2, -0.15) is 0 Å². The summed E-state index contributed by atoms with van der Waals surface area (Å²) in [4.78, 5) is 7.89. The smallest absolute Gasteiger partial charge is 0.185 e. The number of hydrogen-bond acceptors (Lipinski definition) is 5. The zero-order valence-corrected chi connectivity index (χ0v) is 10.7. The number of likely N-dealkylation sites (N-methyl/N-ethyl adjacent to an activating group) is 1. The van der Waals surface area contributed by atoms with Gasteiger partial charge in [0.05, 0.1) is 6.10 Å². The molecular weight excluding hydrogens is 222 g/mol. The molecule has 0 bridgehead atoms. The first-order chi connectivity index (χ1) is 7.79. The van der Waals surface area contributed by atoms with Crippen molar-refractivity contribution in [3.63, 3.8) is 0 Å². The van der Waals surface area contributed by atoms with Gasteiger partial charge < -0.3 is 15.0 Å². The van der Waals surface area contributed by atoms with Gasteiger partial charge in [-0.3, -0.25) is 0 Å². The van der Waals surface area contributed by atoms with Gasteiger partial charge in [0.2, 0.25) is 0 Å². The highest BCUT2D eigenvalue weighted by Crippen LogP contribution is 2.23. The van der Waals surface area contributed by atoms with Crippen LogP contribution in [0.3, 0.4) is 0 Å². The second kappa shape index (κ2) is 5.61. The Balaban J connectivity index is 1.89. The molecule has 90 valence electrons. The molecule has 1 unspecified atom stereocenters. The summed E-state index contributed by atoms with van der Waals surface area (Å²) in [5.74, 6) is 0. The number of rotatable bonds is 5. The number of nitrogens with zero attached hydrogens (tertiary/aromatic N) is 2. The van der Waals surface area contributed by atoms with E-state index in [9.17, 15) is 0 Å². The van der Waals surface area contributed by atoms with Crippen LogP contribution in [0.1, 0.15) is 17.7 Å². The van der Waals surface area contributed by atoms with Crippen molar-refractivity contribution in [1.29, 1.82) is 0 Å². The Morgan fingerprint density at radius 1 is 1.69 bits per heavy atom. The minimum absolute atomic E-state index is 0.390. The topological polar surface area (TPSA) is 37.4 Å². The van der Waals surface area contributed by atoms with E-state index in [2.05, 4.69) is 22.2 Å². The highest BCUT2D eigenvalue weighted by molar-refractivity contribution is 7.15. The molecule has 0 spiro atoms. The van der Waals surface area contributed by atoms with E-state index in [0.29, 0.717) is 6.10 Å². The predicted molar refractivity (Wildman–Crippen MR) is 67.1 cm³/mol. The van der Waals surface area contributed by atoms with E-state index >= 15 is 0 Å². The molecule has 0 radical (unpaired) electrons. The van der Waals surface area contributed by atoms with Gasteiger partial charge in [-0.25, -0.2) is 4.98 Å². The van der Waals surface area contributed by atoms with Gasteiger partial charge in [0.15, 0.2) is 5.13 Å². The normalized spacial score (nSPS) is 20.2. The van der Waals surface area contributed by atoms with Gasteiger partial charge >= 0.3 is 0 Å². The summed E-state index contributed by atoms with van der Waals surface area (Å²) in [6.45, 7) is 2.76. The number of anilines is 1. The molecule has 1 saturated heterocycles. The standard InChI is InChI=1S/C11H19N3OS/c1-12-6-10-7-13-11(16-10)14(2)8-9-4-3-5-15-9/h7,9,12H,3-6,8H2,1-2H3. The molecule has 1 N–H and O–H groups in total. The molecule has 16 heavy (non-hydrogen) atoms. The van der Waals surface area contributed by atoms with E-state index < -0.39 is 0 Å². The van der Waals surface area contributed by atoms with Gasteiger partial charge in [-0.05, 0) is 19.9 Å². The zero-order chi connectivity index (χ0) is 11.4. The monoisotopic (exact) mass is 241 g/mol. The van der Waals surface area contributed by atoms with Crippen LogP contribution in [-0.2, 0) is 11.3 Å². The Morgan fingerprint density at radius 2 is 2.56 bits per heavy atom. The molecule has 1 aliphatic rings. The lowest BCUT2D eigenvalue weighted by Crippen LogP contribution is -2.28. The summed E-state index contributed by atoms with van der Waals surface area (Å²) in [5, 5.41) is 4.22. The van der Waals surface area contributed by atoms with Crippen molar-refractivity contribution in [2.45, 2.75) is 25.5 Å². The van der Waals surface area contributed by atoms with Crippen molar-refractivity contribution in [2.75, 3.05) is 32.1 Å². The lowest BCUT2D eigenvalue weighted by atomic mass is 10.2. The molecule has 2 heterocycles. The number of nitrogens with one attached hydrogen (secondary N) is 1. The fourth-order valence-corrected chi connectivity index (χ4v) is 2.79. The lowest BCUT2D eigenvalue weighted by molar-refractivity contribution is 0.116. The van der Waals surface area contributed by atoms with Crippen LogP contribution >= 0.6 is 11.3 Å². The average Bonchev–Trinajstić information content (AvgIpc) is 2.89. The lowest BCUT2D eigenvalue weighted by Gasteiger charge is -2.19. The van der Waals surface area contributed by atoms with E-state index in [1.54, 1.807) is 11.3 Å². The summed E-state index contributed by atoms with van der Waals surface area (Å²) >= 11 is 1.75. The van der Waals surface area contributed by atoms with E-state index in [0.717, 1.165) is 24.8 Å². The van der Waals surface area contributed by atoms with Crippen molar-refractivity contribution < 1.29 is 4.74 Å². The van der Waals surface area contributed by atoms with Crippen LogP contribution in [-0.4, -0.2) is 38.3 Å². The zero-order valence-electron chi connectivity index (χ0n) is 9.90. The summed E-state index contributed by atoms with van der Waals surface area (Å²) in [6, 6.07) is 0. The number of aromatic nitrogens is 1. The van der Waals surface area contributed by atoms with E-state index in [4.69, 9.17) is 4.74 Å². The summed E-state index contributed by atoms with van der Waals surface area (Å²) in [5.41, 5.74) is 0. The Bertz CT molecular complexity index is 323. The quantitative estimate of drug-likeness (QED) is 0.847. The Labute approximate surface area is 101 Å². The molecule has 5 heteroatoms. The van der Waals surface area contributed by atoms with Crippen molar-refractivity contribution in [2.24, 2.45) is 0 Å². The molecule has 4 nitrogen and oxygen atoms in total. The van der Waals surface area contributed by atoms with Crippen LogP contribution in [0.2, 0.25) is 0 Å². The molecule has 1 fully saturated rings. The molecule has 1 aromatic heterocycles. The van der Waals surface area contributed by atoms with Crippen LogP contribution in [0.4, 0.5) is 5.13 Å². The van der Waals surface area contributed by atoms with Crippen LogP contribution in [0.15, 0.2) is 6.20 Å². The van der Waals surface area contributed by atoms with Gasteiger partial charge in [-0.15, -0.1) is 11.3 Å². The SMILES string of the molecule is CNCc1cnc(N(C)CC2CCCO2)s1. The number of thiazole rings is 1. The van der Waals surface area contributed by atoms with Gasteiger partial charge in [0.25, 0.3) is 0 Å². The molecule has 0 saturated carbocycles. The first-order valence-electron chi connectivity index (χ1n) is 5.71. The Morgan fingerprint density at radius 3 is 3.25 bits per heavy atom. The fraction of sp³-hybridized carbons (Fsp3) is 0.727. The highest BCUT2D eigenvalue weighted by atomic mass is 32.1. The minimum atomic E-state index is 0.390. The Kier molecular flexibility index (Phi) is 4.15. The van der Waals surface area contributed by atoms with Gasteiger partial charge in [0.1, 0.15) is 0 Å². The Hall–Kier alpha value is -0.650. The first kappa shape index (κ1) is 11.8. The predicted octanol–water partition coefficient (Wildman–Crippen LogP) is 1.48.